The van der Waals surface area contributed by atoms with Gasteiger partial charge in [0.15, 0.2) is 0 Å². The minimum atomic E-state index is -0.459. The van der Waals surface area contributed by atoms with E-state index in [1.165, 1.54) is 0 Å². The fraction of sp³-hybridized carbons (Fsp3) is 0.263. The van der Waals surface area contributed by atoms with Crippen LogP contribution in [0.5, 0.6) is 5.75 Å². The number of nitrogens with one attached hydrogen (secondary N) is 1. The van der Waals surface area contributed by atoms with Crippen molar-refractivity contribution in [2.24, 2.45) is 5.73 Å². The van der Waals surface area contributed by atoms with Gasteiger partial charge in [-0.05, 0) is 42.7 Å². The Bertz CT molecular complexity index is 696. The molecule has 24 heavy (non-hydrogen) atoms. The summed E-state index contributed by atoms with van der Waals surface area (Å²) < 4.78 is 5.66. The lowest BCUT2D eigenvalue weighted by Crippen LogP contribution is -2.23. The minimum absolute atomic E-state index is 0.0256. The van der Waals surface area contributed by atoms with Gasteiger partial charge in [0.05, 0.1) is 6.61 Å². The summed E-state index contributed by atoms with van der Waals surface area (Å²) in [6, 6.07) is 14.7. The third-order valence-electron chi connectivity index (χ3n) is 3.63. The molecular weight excluding hydrogens is 304 g/mol. The van der Waals surface area contributed by atoms with Crippen molar-refractivity contribution in [3.63, 3.8) is 0 Å². The Morgan fingerprint density at radius 3 is 2.46 bits per heavy atom. The number of amides is 2. The summed E-state index contributed by atoms with van der Waals surface area (Å²) in [6.45, 7) is 2.92. The van der Waals surface area contributed by atoms with Crippen LogP contribution in [0.25, 0.3) is 0 Å². The minimum Gasteiger partial charge on any atom is -0.493 e. The molecule has 0 aromatic heterocycles. The predicted octanol–water partition coefficient (Wildman–Crippen LogP) is 2.57. The first-order valence-corrected chi connectivity index (χ1v) is 7.90. The van der Waals surface area contributed by atoms with Crippen molar-refractivity contribution < 1.29 is 14.3 Å². The molecule has 0 aliphatic heterocycles. The van der Waals surface area contributed by atoms with Crippen LogP contribution < -0.4 is 15.8 Å². The Morgan fingerprint density at radius 1 is 1.08 bits per heavy atom. The highest BCUT2D eigenvalue weighted by Crippen LogP contribution is 2.16. The number of hydrogen-bond acceptors (Lipinski definition) is 3. The largest absolute Gasteiger partial charge is 0.493 e. The number of primary amides is 1. The summed E-state index contributed by atoms with van der Waals surface area (Å²) in [5.41, 5.74) is 7.65. The van der Waals surface area contributed by atoms with E-state index in [2.05, 4.69) is 5.32 Å². The molecular formula is C19H22N2O3. The van der Waals surface area contributed by atoms with Gasteiger partial charge in [-0.25, -0.2) is 0 Å². The molecule has 0 spiro atoms. The van der Waals surface area contributed by atoms with E-state index in [-0.39, 0.29) is 5.91 Å². The molecule has 2 rings (SSSR count). The van der Waals surface area contributed by atoms with Crippen molar-refractivity contribution in [3.8, 4) is 5.75 Å². The normalized spacial score (nSPS) is 10.2. The van der Waals surface area contributed by atoms with E-state index in [4.69, 9.17) is 10.5 Å². The first kappa shape index (κ1) is 17.5. The van der Waals surface area contributed by atoms with Crippen molar-refractivity contribution in [1.29, 1.82) is 0 Å². The summed E-state index contributed by atoms with van der Waals surface area (Å²) >= 11 is 0. The van der Waals surface area contributed by atoms with E-state index in [0.29, 0.717) is 31.6 Å². The van der Waals surface area contributed by atoms with Gasteiger partial charge in [-0.15, -0.1) is 0 Å². The molecule has 126 valence electrons. The molecule has 2 aromatic rings. The van der Waals surface area contributed by atoms with Crippen molar-refractivity contribution in [2.75, 3.05) is 6.61 Å². The molecule has 0 fully saturated rings. The second kappa shape index (κ2) is 8.72. The maximum absolute atomic E-state index is 11.8. The number of carbonyl (C=O) groups excluding carboxylic acids is 2. The van der Waals surface area contributed by atoms with E-state index in [0.717, 1.165) is 16.9 Å². The smallest absolute Gasteiger partial charge is 0.248 e. The number of hydrogen-bond donors (Lipinski definition) is 2. The Kier molecular flexibility index (Phi) is 6.37. The van der Waals surface area contributed by atoms with Gasteiger partial charge >= 0.3 is 0 Å². The molecule has 0 saturated carbocycles. The third kappa shape index (κ3) is 5.43. The second-order valence-corrected chi connectivity index (χ2v) is 5.56. The van der Waals surface area contributed by atoms with Gasteiger partial charge in [-0.3, -0.25) is 9.59 Å². The highest BCUT2D eigenvalue weighted by atomic mass is 16.5. The van der Waals surface area contributed by atoms with Crippen LogP contribution in [0.3, 0.4) is 0 Å². The lowest BCUT2D eigenvalue weighted by molar-refractivity contribution is -0.121. The van der Waals surface area contributed by atoms with E-state index < -0.39 is 5.91 Å². The van der Waals surface area contributed by atoms with Crippen LogP contribution in [0, 0.1) is 6.92 Å². The summed E-state index contributed by atoms with van der Waals surface area (Å²) in [5, 5.41) is 2.85. The van der Waals surface area contributed by atoms with E-state index in [1.54, 1.807) is 24.3 Å². The van der Waals surface area contributed by atoms with Crippen LogP contribution in [0.1, 0.15) is 34.3 Å². The van der Waals surface area contributed by atoms with Gasteiger partial charge in [-0.1, -0.05) is 30.3 Å². The Hall–Kier alpha value is -2.82. The Balaban J connectivity index is 1.66. The van der Waals surface area contributed by atoms with Gasteiger partial charge in [0.2, 0.25) is 11.8 Å². The fourth-order valence-electron chi connectivity index (χ4n) is 2.21. The van der Waals surface area contributed by atoms with Gasteiger partial charge in [0, 0.05) is 18.5 Å². The van der Waals surface area contributed by atoms with E-state index in [9.17, 15) is 9.59 Å². The fourth-order valence-corrected chi connectivity index (χ4v) is 2.21. The average molecular weight is 326 g/mol. The monoisotopic (exact) mass is 326 g/mol. The number of benzene rings is 2. The third-order valence-corrected chi connectivity index (χ3v) is 3.63. The zero-order valence-corrected chi connectivity index (χ0v) is 13.7. The zero-order chi connectivity index (χ0) is 17.4. The van der Waals surface area contributed by atoms with Crippen molar-refractivity contribution in [1.82, 2.24) is 5.32 Å². The average Bonchev–Trinajstić information content (AvgIpc) is 2.58. The lowest BCUT2D eigenvalue weighted by atomic mass is 10.1. The second-order valence-electron chi connectivity index (χ2n) is 5.56. The maximum Gasteiger partial charge on any atom is 0.248 e. The molecule has 0 saturated heterocycles. The molecule has 2 amide bonds. The molecule has 5 nitrogen and oxygen atoms in total. The first-order chi connectivity index (χ1) is 11.6. The SMILES string of the molecule is Cc1ccccc1OCCCC(=O)NCc1ccc(C(N)=O)cc1. The molecule has 0 heterocycles. The standard InChI is InChI=1S/C19H22N2O3/c1-14-5-2-3-6-17(14)24-12-4-7-18(22)21-13-15-8-10-16(11-9-15)19(20)23/h2-3,5-6,8-11H,4,7,12-13H2,1H3,(H2,20,23)(H,21,22). The molecule has 0 bridgehead atoms. The highest BCUT2D eigenvalue weighted by Gasteiger charge is 2.04. The number of aryl methyl sites for hydroxylation is 1. The van der Waals surface area contributed by atoms with Crippen LogP contribution >= 0.6 is 0 Å². The van der Waals surface area contributed by atoms with Gasteiger partial charge in [0.25, 0.3) is 0 Å². The van der Waals surface area contributed by atoms with Crippen molar-refractivity contribution >= 4 is 11.8 Å². The quantitative estimate of drug-likeness (QED) is 0.732. The zero-order valence-electron chi connectivity index (χ0n) is 13.7. The topological polar surface area (TPSA) is 81.4 Å². The Labute approximate surface area is 141 Å². The van der Waals surface area contributed by atoms with Crippen molar-refractivity contribution in [2.45, 2.75) is 26.3 Å². The van der Waals surface area contributed by atoms with Gasteiger partial charge < -0.3 is 15.8 Å². The van der Waals surface area contributed by atoms with Crippen molar-refractivity contribution in [3.05, 3.63) is 65.2 Å². The maximum atomic E-state index is 11.8. The molecule has 3 N–H and O–H groups in total. The van der Waals surface area contributed by atoms with E-state index >= 15 is 0 Å². The molecule has 0 aliphatic rings. The molecule has 0 atom stereocenters. The number of carbonyl (C=O) groups is 2. The van der Waals surface area contributed by atoms with Crippen LogP contribution in [-0.4, -0.2) is 18.4 Å². The van der Waals surface area contributed by atoms with Gasteiger partial charge in [-0.2, -0.15) is 0 Å². The molecule has 5 heteroatoms. The summed E-state index contributed by atoms with van der Waals surface area (Å²) in [5.74, 6) is 0.369. The van der Waals surface area contributed by atoms with Crippen LogP contribution in [0.2, 0.25) is 0 Å². The van der Waals surface area contributed by atoms with Crippen LogP contribution in [-0.2, 0) is 11.3 Å². The lowest BCUT2D eigenvalue weighted by Gasteiger charge is -2.09. The van der Waals surface area contributed by atoms with E-state index in [1.807, 2.05) is 31.2 Å². The summed E-state index contributed by atoms with van der Waals surface area (Å²) in [6.07, 6.45) is 1.06. The van der Waals surface area contributed by atoms with Gasteiger partial charge in [0.1, 0.15) is 5.75 Å². The van der Waals surface area contributed by atoms with Crippen LogP contribution in [0.4, 0.5) is 0 Å². The Morgan fingerprint density at radius 2 is 1.79 bits per heavy atom. The number of para-hydroxylation sites is 1. The number of rotatable bonds is 8. The van der Waals surface area contributed by atoms with Crippen LogP contribution in [0.15, 0.2) is 48.5 Å². The summed E-state index contributed by atoms with van der Waals surface area (Å²) in [7, 11) is 0. The number of nitrogens with two attached hydrogens (primary N) is 1. The molecule has 0 aliphatic carbocycles. The predicted molar refractivity (Wildman–Crippen MR) is 92.7 cm³/mol. The molecule has 0 unspecified atom stereocenters. The summed E-state index contributed by atoms with van der Waals surface area (Å²) in [4.78, 5) is 22.8. The molecule has 0 radical (unpaired) electrons. The highest BCUT2D eigenvalue weighted by molar-refractivity contribution is 5.92. The number of ether oxygens (including phenoxy) is 1. The first-order valence-electron chi connectivity index (χ1n) is 7.90. The molecule has 2 aromatic carbocycles.